The predicted molar refractivity (Wildman–Crippen MR) is 114 cm³/mol. The molecule has 0 saturated carbocycles. The molecule has 2 aromatic heterocycles. The van der Waals surface area contributed by atoms with Gasteiger partial charge in [-0.3, -0.25) is 14.2 Å². The third-order valence-corrected chi connectivity index (χ3v) is 6.11. The first-order valence-electron chi connectivity index (χ1n) is 10.5. The Morgan fingerprint density at radius 3 is 2.57 bits per heavy atom. The third-order valence-electron chi connectivity index (χ3n) is 6.11. The zero-order chi connectivity index (χ0) is 21.3. The van der Waals surface area contributed by atoms with Crippen molar-refractivity contribution >= 4 is 11.4 Å². The van der Waals surface area contributed by atoms with Crippen LogP contribution in [0.4, 0.5) is 0 Å². The van der Waals surface area contributed by atoms with Crippen LogP contribution >= 0.6 is 0 Å². The van der Waals surface area contributed by atoms with Crippen LogP contribution in [0.25, 0.3) is 5.52 Å². The summed E-state index contributed by atoms with van der Waals surface area (Å²) in [5, 5.41) is 15.4. The Bertz CT molecular complexity index is 1090. The maximum atomic E-state index is 12.9. The zero-order valence-corrected chi connectivity index (χ0v) is 17.5. The van der Waals surface area contributed by atoms with Gasteiger partial charge < -0.3 is 10.0 Å². The standard InChI is InChI=1S/C23H28N4O3/c1-17(14-19-6-4-3-5-7-19)21(28)25-12-10-23(30,11-13-25)15-26-16-24-27-18(2)8-9-20(27)22(26)29/h3-9,16-17,30H,10-15H2,1-2H3. The molecule has 0 radical (unpaired) electrons. The number of hydrogen-bond donors (Lipinski definition) is 1. The van der Waals surface area contributed by atoms with E-state index >= 15 is 0 Å². The molecule has 1 unspecified atom stereocenters. The van der Waals surface area contributed by atoms with Gasteiger partial charge in [0.2, 0.25) is 5.91 Å². The first-order chi connectivity index (χ1) is 14.4. The summed E-state index contributed by atoms with van der Waals surface area (Å²) in [6.07, 6.45) is 3.07. The van der Waals surface area contributed by atoms with Gasteiger partial charge in [0.05, 0.1) is 12.1 Å². The van der Waals surface area contributed by atoms with Gasteiger partial charge in [0.1, 0.15) is 11.8 Å². The summed E-state index contributed by atoms with van der Waals surface area (Å²) in [7, 11) is 0. The lowest BCUT2D eigenvalue weighted by Gasteiger charge is -2.39. The van der Waals surface area contributed by atoms with Crippen molar-refractivity contribution in [2.45, 2.75) is 45.3 Å². The molecule has 0 spiro atoms. The minimum Gasteiger partial charge on any atom is -0.388 e. The van der Waals surface area contributed by atoms with E-state index in [9.17, 15) is 14.7 Å². The number of fused-ring (bicyclic) bond motifs is 1. The number of likely N-dealkylation sites (tertiary alicyclic amines) is 1. The summed E-state index contributed by atoms with van der Waals surface area (Å²) >= 11 is 0. The van der Waals surface area contributed by atoms with Crippen LogP contribution in [0.3, 0.4) is 0 Å². The van der Waals surface area contributed by atoms with Gasteiger partial charge in [-0.15, -0.1) is 0 Å². The molecular formula is C23H28N4O3. The Morgan fingerprint density at radius 2 is 1.87 bits per heavy atom. The van der Waals surface area contributed by atoms with Crippen molar-refractivity contribution in [3.05, 3.63) is 70.4 Å². The zero-order valence-electron chi connectivity index (χ0n) is 17.5. The lowest BCUT2D eigenvalue weighted by atomic mass is 9.90. The molecule has 158 valence electrons. The molecule has 3 heterocycles. The van der Waals surface area contributed by atoms with E-state index in [2.05, 4.69) is 5.10 Å². The number of piperidine rings is 1. The smallest absolute Gasteiger partial charge is 0.277 e. The maximum absolute atomic E-state index is 12.9. The summed E-state index contributed by atoms with van der Waals surface area (Å²) in [6.45, 7) is 5.01. The quantitative estimate of drug-likeness (QED) is 0.701. The van der Waals surface area contributed by atoms with E-state index in [4.69, 9.17) is 0 Å². The maximum Gasteiger partial charge on any atom is 0.277 e. The van der Waals surface area contributed by atoms with Gasteiger partial charge in [-0.25, -0.2) is 4.52 Å². The molecule has 1 N–H and O–H groups in total. The number of hydrogen-bond acceptors (Lipinski definition) is 4. The largest absolute Gasteiger partial charge is 0.388 e. The molecule has 0 bridgehead atoms. The normalized spacial score (nSPS) is 17.2. The molecule has 1 aliphatic heterocycles. The molecule has 3 aromatic rings. The topological polar surface area (TPSA) is 79.8 Å². The van der Waals surface area contributed by atoms with Crippen LogP contribution in [0.2, 0.25) is 0 Å². The summed E-state index contributed by atoms with van der Waals surface area (Å²) in [6, 6.07) is 13.6. The van der Waals surface area contributed by atoms with Crippen LogP contribution in [-0.2, 0) is 17.8 Å². The molecule has 1 aromatic carbocycles. The van der Waals surface area contributed by atoms with E-state index < -0.39 is 5.60 Å². The first kappa shape index (κ1) is 20.3. The van der Waals surface area contributed by atoms with Crippen LogP contribution in [0, 0.1) is 12.8 Å². The first-order valence-corrected chi connectivity index (χ1v) is 10.5. The van der Waals surface area contributed by atoms with E-state index in [1.165, 1.54) is 10.9 Å². The number of aromatic nitrogens is 3. The number of benzene rings is 1. The molecule has 0 aliphatic carbocycles. The van der Waals surface area contributed by atoms with Crippen LogP contribution in [0.15, 0.2) is 53.6 Å². The van der Waals surface area contributed by atoms with Gasteiger partial charge in [0.25, 0.3) is 5.56 Å². The number of rotatable bonds is 5. The van der Waals surface area contributed by atoms with E-state index in [-0.39, 0.29) is 23.9 Å². The minimum atomic E-state index is -1.02. The lowest BCUT2D eigenvalue weighted by molar-refractivity contribution is -0.139. The molecule has 1 saturated heterocycles. The average Bonchev–Trinajstić information content (AvgIpc) is 3.12. The molecule has 1 fully saturated rings. The highest BCUT2D eigenvalue weighted by atomic mass is 16.3. The lowest BCUT2D eigenvalue weighted by Crippen LogP contribution is -2.50. The van der Waals surface area contributed by atoms with Crippen molar-refractivity contribution in [1.82, 2.24) is 19.1 Å². The number of aliphatic hydroxyl groups is 1. The highest BCUT2D eigenvalue weighted by molar-refractivity contribution is 5.79. The molecule has 1 amide bonds. The summed E-state index contributed by atoms with van der Waals surface area (Å²) in [4.78, 5) is 27.4. The van der Waals surface area contributed by atoms with Gasteiger partial charge in [-0.05, 0) is 43.9 Å². The van der Waals surface area contributed by atoms with E-state index in [1.807, 2.05) is 55.1 Å². The van der Waals surface area contributed by atoms with Crippen LogP contribution in [-0.4, -0.2) is 48.8 Å². The Hall–Kier alpha value is -2.93. The van der Waals surface area contributed by atoms with Gasteiger partial charge in [0.15, 0.2) is 0 Å². The van der Waals surface area contributed by atoms with Crippen LogP contribution in [0.5, 0.6) is 0 Å². The Kier molecular flexibility index (Phi) is 5.47. The van der Waals surface area contributed by atoms with Crippen molar-refractivity contribution in [2.24, 2.45) is 5.92 Å². The summed E-state index contributed by atoms with van der Waals surface area (Å²) in [5.74, 6) is 0.00948. The second kappa shape index (κ2) is 8.07. The highest BCUT2D eigenvalue weighted by Gasteiger charge is 2.35. The van der Waals surface area contributed by atoms with Crippen molar-refractivity contribution in [1.29, 1.82) is 0 Å². The molecular weight excluding hydrogens is 380 g/mol. The monoisotopic (exact) mass is 408 g/mol. The fourth-order valence-corrected chi connectivity index (χ4v) is 4.26. The van der Waals surface area contributed by atoms with E-state index in [0.717, 1.165) is 11.3 Å². The predicted octanol–water partition coefficient (Wildman–Crippen LogP) is 2.04. The van der Waals surface area contributed by atoms with Crippen molar-refractivity contribution in [2.75, 3.05) is 13.1 Å². The highest BCUT2D eigenvalue weighted by Crippen LogP contribution is 2.25. The summed E-state index contributed by atoms with van der Waals surface area (Å²) < 4.78 is 3.09. The second-order valence-electron chi connectivity index (χ2n) is 8.48. The Balaban J connectivity index is 1.39. The van der Waals surface area contributed by atoms with E-state index in [1.54, 1.807) is 10.6 Å². The minimum absolute atomic E-state index is 0.106. The molecule has 1 aliphatic rings. The van der Waals surface area contributed by atoms with Gasteiger partial charge in [-0.1, -0.05) is 37.3 Å². The van der Waals surface area contributed by atoms with Crippen molar-refractivity contribution in [3.8, 4) is 0 Å². The number of nitrogens with zero attached hydrogens (tertiary/aromatic N) is 4. The number of carbonyl (C=O) groups excluding carboxylic acids is 1. The molecule has 4 rings (SSSR count). The molecule has 7 nitrogen and oxygen atoms in total. The van der Waals surface area contributed by atoms with Gasteiger partial charge >= 0.3 is 0 Å². The second-order valence-corrected chi connectivity index (χ2v) is 8.48. The van der Waals surface area contributed by atoms with Crippen LogP contribution in [0.1, 0.15) is 31.0 Å². The SMILES string of the molecule is Cc1ccc2c(=O)n(CC3(O)CCN(C(=O)C(C)Cc4ccccc4)CC3)cnn12. The van der Waals surface area contributed by atoms with E-state index in [0.29, 0.717) is 37.9 Å². The van der Waals surface area contributed by atoms with Crippen LogP contribution < -0.4 is 5.56 Å². The fourth-order valence-electron chi connectivity index (χ4n) is 4.26. The molecule has 1 atom stereocenters. The fraction of sp³-hybridized carbons (Fsp3) is 0.435. The number of amides is 1. The molecule has 7 heteroatoms. The molecule has 30 heavy (non-hydrogen) atoms. The van der Waals surface area contributed by atoms with Crippen molar-refractivity contribution in [3.63, 3.8) is 0 Å². The Morgan fingerprint density at radius 1 is 1.17 bits per heavy atom. The average molecular weight is 409 g/mol. The third kappa shape index (κ3) is 4.03. The Labute approximate surface area is 175 Å². The number of aryl methyl sites for hydroxylation is 1. The number of carbonyl (C=O) groups is 1. The van der Waals surface area contributed by atoms with Crippen molar-refractivity contribution < 1.29 is 9.90 Å². The van der Waals surface area contributed by atoms with Gasteiger partial charge in [0, 0.05) is 24.7 Å². The summed E-state index contributed by atoms with van der Waals surface area (Å²) in [5.41, 5.74) is 1.35. The van der Waals surface area contributed by atoms with Gasteiger partial charge in [-0.2, -0.15) is 5.10 Å².